The Morgan fingerprint density at radius 1 is 0.524 bits per heavy atom. The van der Waals surface area contributed by atoms with Crippen molar-refractivity contribution in [2.45, 2.75) is 167 Å². The highest BCUT2D eigenvalue weighted by atomic mass is 16.5. The lowest BCUT2D eigenvalue weighted by Gasteiger charge is -2.36. The lowest BCUT2D eigenvalue weighted by atomic mass is 9.85. The molecule has 24 heteroatoms. The average Bonchev–Trinajstić information content (AvgIpc) is 1.69. The average molecular weight is 1410 g/mol. The van der Waals surface area contributed by atoms with Crippen LogP contribution >= 0.6 is 0 Å². The molecule has 0 aromatic heterocycles. The molecule has 24 nitrogen and oxygen atoms in total. The van der Waals surface area contributed by atoms with Crippen molar-refractivity contribution in [2.24, 2.45) is 16.7 Å². The quantitative estimate of drug-likeness (QED) is 0.0563. The smallest absolute Gasteiger partial charge is 0.326 e. The van der Waals surface area contributed by atoms with Gasteiger partial charge in [0.1, 0.15) is 60.5 Å². The Kier molecular flexibility index (Phi) is 25.7. The Morgan fingerprint density at radius 2 is 0.981 bits per heavy atom. The summed E-state index contributed by atoms with van der Waals surface area (Å²) in [4.78, 5) is 146. The first-order valence-corrected chi connectivity index (χ1v) is 35.1. The molecule has 9 N–H and O–H groups in total. The standard InChI is InChI=1S/C79H97N9O15/c1-46(80-9)69(90)85-67(78(3,4)5)74(95)87-44-59-42-64(87)73(94)83-62(40-51-22-28-53-18-12-14-20-55(53)37-51)71(92)84-63(77(99)100)38-49-25-31-58(32-26-49)103-60-43-65(88(45-60)75(96)68(79(6,7)8)86-70(91)47(2)81-10)72(93)82-61(39-50-21-27-52-17-11-13-19-54(52)36-50)66(89)41-56(76(97)98)35-48-23-29-57(30-24-48)101-33-15-16-34-102-59/h11-32,36-37,46-47,56,59-65,67-68,80-81H,33-35,38-45H2,1-10H3,(H,82,93)(H,83,94)(H,84,92)(H,85,90)(H,86,91)(H,97,98)(H,99,100)/t46-,47-,56?,59-,60-,61-,62-,63-,64-,65-,67+,68+/m0/s1. The van der Waals surface area contributed by atoms with Crippen molar-refractivity contribution < 1.29 is 72.4 Å². The molecule has 5 heterocycles. The molecule has 0 aliphatic carbocycles. The van der Waals surface area contributed by atoms with Gasteiger partial charge in [0.05, 0.1) is 43.3 Å². The number of amides is 7. The van der Waals surface area contributed by atoms with E-state index in [1.807, 2.05) is 84.9 Å². The fourth-order valence-corrected chi connectivity index (χ4v) is 13.1. The van der Waals surface area contributed by atoms with Crippen molar-refractivity contribution >= 4 is 80.6 Å². The van der Waals surface area contributed by atoms with Crippen LogP contribution in [-0.2, 0) is 78.4 Å². The maximum absolute atomic E-state index is 15.2. The van der Waals surface area contributed by atoms with E-state index in [-0.39, 0.29) is 70.6 Å². The first-order valence-electron chi connectivity index (χ1n) is 35.1. The zero-order valence-electron chi connectivity index (χ0n) is 60.2. The van der Waals surface area contributed by atoms with E-state index in [0.29, 0.717) is 28.0 Å². The number of carbonyl (C=O) groups excluding carboxylic acids is 8. The number of nitrogens with zero attached hydrogens (tertiary/aromatic N) is 2. The molecular weight excluding hydrogens is 1310 g/mol. The second-order valence-corrected chi connectivity index (χ2v) is 29.3. The summed E-state index contributed by atoms with van der Waals surface area (Å²) in [6, 6.07) is 29.2. The van der Waals surface area contributed by atoms with E-state index in [2.05, 4.69) is 37.2 Å². The van der Waals surface area contributed by atoms with Gasteiger partial charge in [-0.25, -0.2) is 4.79 Å². The van der Waals surface area contributed by atoms with Crippen LogP contribution < -0.4 is 46.7 Å². The number of fused-ring (bicyclic) bond motifs is 4. The number of likely N-dealkylation sites (N-methyl/N-ethyl adjacent to an activating group) is 2. The molecule has 2 fully saturated rings. The summed E-state index contributed by atoms with van der Waals surface area (Å²) in [7, 11) is 3.22. The Morgan fingerprint density at radius 3 is 1.48 bits per heavy atom. The molecule has 1 unspecified atom stereocenters. The summed E-state index contributed by atoms with van der Waals surface area (Å²) < 4.78 is 18.9. The highest BCUT2D eigenvalue weighted by Crippen LogP contribution is 2.32. The summed E-state index contributed by atoms with van der Waals surface area (Å²) in [6.45, 7) is 13.9. The third-order valence-corrected chi connectivity index (χ3v) is 19.4. The number of carbonyl (C=O) groups is 10. The van der Waals surface area contributed by atoms with Crippen LogP contribution in [0.4, 0.5) is 0 Å². The normalized spacial score (nSPS) is 22.6. The SMILES string of the molecule is CN[C@@H](C)C(=O)N[C@H](C(=O)N1C[C@@H]2C[C@H]1C(=O)N[C@@H](Cc1ccc3ccccc3c1)C(=O)CC(C(=O)O)Cc1ccc(cc1)OCC=CCO[C@H]1C[C@@H](C(=O)N[C@@H](Cc3ccc4ccccc4c3)C(=O)N[C@H](C(=O)O)Cc3ccc(cc3)O2)N(C(=O)[C@@H](NC(=O)[C@H](C)NC)C(C)(C)C)C1)C(C)(C)C. The van der Waals surface area contributed by atoms with Gasteiger partial charge in [-0.3, -0.25) is 43.2 Å². The van der Waals surface area contributed by atoms with Gasteiger partial charge in [0.15, 0.2) is 5.78 Å². The maximum atomic E-state index is 15.2. The molecule has 0 radical (unpaired) electrons. The van der Waals surface area contributed by atoms with Gasteiger partial charge < -0.3 is 71.4 Å². The van der Waals surface area contributed by atoms with Crippen molar-refractivity contribution in [3.63, 3.8) is 0 Å². The number of carboxylic acids is 2. The van der Waals surface area contributed by atoms with Crippen LogP contribution in [0, 0.1) is 16.7 Å². The van der Waals surface area contributed by atoms with Gasteiger partial charge in [0.25, 0.3) is 0 Å². The second-order valence-electron chi connectivity index (χ2n) is 29.3. The molecule has 0 spiro atoms. The molecular formula is C79H97N9O15. The van der Waals surface area contributed by atoms with E-state index in [1.54, 1.807) is 130 Å². The molecule has 5 aliphatic heterocycles. The number of Topliss-reactive ketones (excluding diaryl/α,β-unsaturated/α-hetero) is 1. The third-order valence-electron chi connectivity index (χ3n) is 19.4. The second kappa shape index (κ2) is 34.3. The fourth-order valence-electron chi connectivity index (χ4n) is 13.1. The molecule has 103 heavy (non-hydrogen) atoms. The molecule has 5 aliphatic rings. The molecule has 6 aromatic rings. The number of rotatable bonds is 14. The van der Waals surface area contributed by atoms with Crippen molar-refractivity contribution in [3.05, 3.63) is 168 Å². The molecule has 548 valence electrons. The Hall–Kier alpha value is -10.0. The van der Waals surface area contributed by atoms with Crippen molar-refractivity contribution in [1.82, 2.24) is 47.0 Å². The van der Waals surface area contributed by atoms with Gasteiger partial charge in [0, 0.05) is 38.6 Å². The van der Waals surface area contributed by atoms with Gasteiger partial charge >= 0.3 is 11.9 Å². The van der Waals surface area contributed by atoms with Crippen LogP contribution in [0.3, 0.4) is 0 Å². The number of benzene rings is 6. The van der Waals surface area contributed by atoms with Crippen LogP contribution in [0.2, 0.25) is 0 Å². The van der Waals surface area contributed by atoms with Crippen LogP contribution in [0.15, 0.2) is 146 Å². The van der Waals surface area contributed by atoms with Gasteiger partial charge in [0.2, 0.25) is 41.4 Å². The number of hydrogen-bond acceptors (Lipinski definition) is 15. The fraction of sp³-hybridized carbons (Fsp3) is 0.443. The number of carboxylic acid groups (broad SMARTS) is 2. The summed E-state index contributed by atoms with van der Waals surface area (Å²) in [6.07, 6.45) is 0.835. The van der Waals surface area contributed by atoms with E-state index < -0.39 is 149 Å². The van der Waals surface area contributed by atoms with E-state index in [1.165, 1.54) is 9.80 Å². The highest BCUT2D eigenvalue weighted by molar-refractivity contribution is 5.99. The van der Waals surface area contributed by atoms with Crippen LogP contribution in [0.1, 0.15) is 96.9 Å². The van der Waals surface area contributed by atoms with E-state index >= 15 is 19.2 Å². The monoisotopic (exact) mass is 1410 g/mol. The zero-order valence-corrected chi connectivity index (χ0v) is 60.2. The number of hydrogen-bond donors (Lipinski definition) is 9. The number of aliphatic carboxylic acids is 2. The first-order chi connectivity index (χ1) is 49.0. The lowest BCUT2D eigenvalue weighted by Crippen LogP contribution is -2.61. The van der Waals surface area contributed by atoms with Gasteiger partial charge in [-0.2, -0.15) is 0 Å². The molecule has 11 rings (SSSR count). The van der Waals surface area contributed by atoms with Gasteiger partial charge in [-0.1, -0.05) is 157 Å². The number of ether oxygens (including phenoxy) is 3. The topological polar surface area (TPSA) is 330 Å². The predicted molar refractivity (Wildman–Crippen MR) is 389 cm³/mol. The molecule has 0 saturated carbocycles. The molecule has 6 aromatic carbocycles. The third kappa shape index (κ3) is 20.4. The van der Waals surface area contributed by atoms with E-state index in [0.717, 1.165) is 21.5 Å². The van der Waals surface area contributed by atoms with Gasteiger partial charge in [-0.05, 0) is 126 Å². The van der Waals surface area contributed by atoms with E-state index in [4.69, 9.17) is 14.2 Å². The highest BCUT2D eigenvalue weighted by Gasteiger charge is 2.49. The number of nitrogens with one attached hydrogen (secondary N) is 7. The summed E-state index contributed by atoms with van der Waals surface area (Å²) in [5, 5.41) is 45.2. The van der Waals surface area contributed by atoms with Crippen LogP contribution in [0.25, 0.3) is 21.5 Å². The predicted octanol–water partition coefficient (Wildman–Crippen LogP) is 6.02. The van der Waals surface area contributed by atoms with Crippen LogP contribution in [-0.4, -0.2) is 186 Å². The Labute approximate surface area is 600 Å². The molecule has 7 amide bonds. The van der Waals surface area contributed by atoms with Gasteiger partial charge in [-0.15, -0.1) is 0 Å². The minimum atomic E-state index is -1.55. The zero-order chi connectivity index (χ0) is 74.4. The Balaban J connectivity index is 1.06. The summed E-state index contributed by atoms with van der Waals surface area (Å²) in [5.74, 6) is -8.02. The van der Waals surface area contributed by atoms with E-state index in [9.17, 15) is 39.0 Å². The summed E-state index contributed by atoms with van der Waals surface area (Å²) in [5.41, 5.74) is 0.612. The Bertz CT molecular complexity index is 4090. The van der Waals surface area contributed by atoms with Crippen molar-refractivity contribution in [2.75, 3.05) is 40.4 Å². The minimum Gasteiger partial charge on any atom is -0.490 e. The molecule has 2 saturated heterocycles. The van der Waals surface area contributed by atoms with Crippen molar-refractivity contribution in [1.29, 1.82) is 0 Å². The molecule has 8 bridgehead atoms. The maximum Gasteiger partial charge on any atom is 0.326 e. The summed E-state index contributed by atoms with van der Waals surface area (Å²) >= 11 is 0. The number of ketones is 1. The van der Waals surface area contributed by atoms with Crippen LogP contribution in [0.5, 0.6) is 11.5 Å². The lowest BCUT2D eigenvalue weighted by molar-refractivity contribution is -0.145. The minimum absolute atomic E-state index is 0.0167. The van der Waals surface area contributed by atoms with Crippen molar-refractivity contribution in [3.8, 4) is 11.5 Å². The first kappa shape index (κ1) is 77.1. The largest absolute Gasteiger partial charge is 0.490 e. The molecule has 12 atom stereocenters. The number of likely N-dealkylation sites (tertiary alicyclic amines) is 2.